The van der Waals surface area contributed by atoms with Gasteiger partial charge in [-0.05, 0) is 12.3 Å². The summed E-state index contributed by atoms with van der Waals surface area (Å²) in [7, 11) is 1.28. The molecule has 21 heavy (non-hydrogen) atoms. The Morgan fingerprint density at radius 3 is 2.62 bits per heavy atom. The van der Waals surface area contributed by atoms with Crippen molar-refractivity contribution in [2.75, 3.05) is 33.3 Å². The first-order chi connectivity index (χ1) is 9.83. The molecule has 3 amide bonds. The van der Waals surface area contributed by atoms with E-state index in [1.165, 1.54) is 12.0 Å². The van der Waals surface area contributed by atoms with Crippen molar-refractivity contribution in [3.8, 4) is 0 Å². The third-order valence-electron chi connectivity index (χ3n) is 3.15. The average Bonchev–Trinajstić information content (AvgIpc) is 2.84. The van der Waals surface area contributed by atoms with Crippen LogP contribution in [0.15, 0.2) is 0 Å². The van der Waals surface area contributed by atoms with Crippen LogP contribution in [0.25, 0.3) is 0 Å². The lowest BCUT2D eigenvalue weighted by atomic mass is 10.2. The topological polar surface area (TPSA) is 99.2 Å². The Labute approximate surface area is 124 Å². The van der Waals surface area contributed by atoms with Gasteiger partial charge in [0.25, 0.3) is 0 Å². The number of carbonyl (C=O) groups excluding carboxylic acids is 2. The highest BCUT2D eigenvalue weighted by atomic mass is 16.5. The summed E-state index contributed by atoms with van der Waals surface area (Å²) in [5.74, 6) is -0.854. The summed E-state index contributed by atoms with van der Waals surface area (Å²) >= 11 is 0. The smallest absolute Gasteiger partial charge is 0.407 e. The number of carboxylic acid groups (broad SMARTS) is 1. The predicted octanol–water partition coefficient (Wildman–Crippen LogP) is 0.579. The van der Waals surface area contributed by atoms with E-state index in [1.54, 1.807) is 4.90 Å². The molecule has 0 bridgehead atoms. The second kappa shape index (κ2) is 7.70. The lowest BCUT2D eigenvalue weighted by Crippen LogP contribution is -2.47. The molecule has 1 unspecified atom stereocenters. The number of methoxy groups -OCH3 is 1. The Morgan fingerprint density at radius 1 is 1.43 bits per heavy atom. The van der Waals surface area contributed by atoms with Crippen molar-refractivity contribution in [2.45, 2.75) is 26.3 Å². The molecule has 0 radical (unpaired) electrons. The zero-order valence-corrected chi connectivity index (χ0v) is 12.7. The van der Waals surface area contributed by atoms with Crippen molar-refractivity contribution in [1.29, 1.82) is 0 Å². The molecule has 1 rings (SSSR count). The molecule has 0 spiro atoms. The van der Waals surface area contributed by atoms with Crippen LogP contribution in [0.1, 0.15) is 20.3 Å². The zero-order valence-electron chi connectivity index (χ0n) is 12.7. The summed E-state index contributed by atoms with van der Waals surface area (Å²) in [6.07, 6.45) is 0.0996. The van der Waals surface area contributed by atoms with Crippen molar-refractivity contribution in [3.05, 3.63) is 0 Å². The summed E-state index contributed by atoms with van der Waals surface area (Å²) in [5.41, 5.74) is 0. The van der Waals surface area contributed by atoms with Crippen LogP contribution in [0.3, 0.4) is 0 Å². The monoisotopic (exact) mass is 301 g/mol. The predicted molar refractivity (Wildman–Crippen MR) is 75.0 cm³/mol. The number of carbonyl (C=O) groups is 3. The molecule has 0 aromatic heterocycles. The quantitative estimate of drug-likeness (QED) is 0.774. The SMILES string of the molecule is COC(=O)NC1CCN(C(=O)N(CC(=O)O)CC(C)C)C1. The normalized spacial score (nSPS) is 17.7. The van der Waals surface area contributed by atoms with E-state index >= 15 is 0 Å². The Bertz CT molecular complexity index is 399. The Morgan fingerprint density at radius 2 is 2.10 bits per heavy atom. The number of nitrogens with one attached hydrogen (secondary N) is 1. The second-order valence-corrected chi connectivity index (χ2v) is 5.52. The molecule has 1 atom stereocenters. The van der Waals surface area contributed by atoms with Crippen LogP contribution in [0.2, 0.25) is 0 Å². The maximum absolute atomic E-state index is 12.4. The van der Waals surface area contributed by atoms with Gasteiger partial charge in [0.1, 0.15) is 6.54 Å². The van der Waals surface area contributed by atoms with Gasteiger partial charge in [0.05, 0.1) is 13.2 Å². The lowest BCUT2D eigenvalue weighted by molar-refractivity contribution is -0.137. The summed E-state index contributed by atoms with van der Waals surface area (Å²) in [5, 5.41) is 11.5. The van der Waals surface area contributed by atoms with Gasteiger partial charge in [0.15, 0.2) is 0 Å². The fraction of sp³-hybridized carbons (Fsp3) is 0.769. The minimum atomic E-state index is -1.03. The number of likely N-dealkylation sites (tertiary alicyclic amines) is 1. The van der Waals surface area contributed by atoms with E-state index in [2.05, 4.69) is 10.1 Å². The first-order valence-corrected chi connectivity index (χ1v) is 6.93. The van der Waals surface area contributed by atoms with Crippen molar-refractivity contribution >= 4 is 18.1 Å². The maximum atomic E-state index is 12.4. The number of amides is 3. The van der Waals surface area contributed by atoms with Gasteiger partial charge in [-0.3, -0.25) is 4.79 Å². The number of ether oxygens (including phenoxy) is 1. The van der Waals surface area contributed by atoms with E-state index in [1.807, 2.05) is 13.8 Å². The number of nitrogens with zero attached hydrogens (tertiary/aromatic N) is 2. The number of hydrogen-bond acceptors (Lipinski definition) is 4. The van der Waals surface area contributed by atoms with Gasteiger partial charge in [0.2, 0.25) is 0 Å². The van der Waals surface area contributed by atoms with Crippen molar-refractivity contribution < 1.29 is 24.2 Å². The van der Waals surface area contributed by atoms with Crippen LogP contribution >= 0.6 is 0 Å². The molecule has 8 nitrogen and oxygen atoms in total. The first-order valence-electron chi connectivity index (χ1n) is 6.93. The number of carboxylic acids is 1. The molecule has 0 aromatic carbocycles. The zero-order chi connectivity index (χ0) is 16.0. The summed E-state index contributed by atoms with van der Waals surface area (Å²) < 4.78 is 4.52. The molecule has 1 fully saturated rings. The highest BCUT2D eigenvalue weighted by Crippen LogP contribution is 2.13. The molecule has 1 aliphatic heterocycles. The first kappa shape index (κ1) is 17.1. The van der Waals surface area contributed by atoms with E-state index in [9.17, 15) is 14.4 Å². The third kappa shape index (κ3) is 5.49. The average molecular weight is 301 g/mol. The summed E-state index contributed by atoms with van der Waals surface area (Å²) in [6.45, 7) is 4.77. The standard InChI is InChI=1S/C13H23N3O5/c1-9(2)6-16(8-11(17)18)13(20)15-5-4-10(7-15)14-12(19)21-3/h9-10H,4-8H2,1-3H3,(H,14,19)(H,17,18). The molecule has 120 valence electrons. The Hall–Kier alpha value is -1.99. The third-order valence-corrected chi connectivity index (χ3v) is 3.15. The van der Waals surface area contributed by atoms with Crippen molar-refractivity contribution in [2.24, 2.45) is 5.92 Å². The fourth-order valence-corrected chi connectivity index (χ4v) is 2.29. The van der Waals surface area contributed by atoms with Crippen LogP contribution in [0.5, 0.6) is 0 Å². The number of alkyl carbamates (subject to hydrolysis) is 1. The molecule has 8 heteroatoms. The summed E-state index contributed by atoms with van der Waals surface area (Å²) in [4.78, 5) is 37.3. The molecular weight excluding hydrogens is 278 g/mol. The van der Waals surface area contributed by atoms with Gasteiger partial charge in [0, 0.05) is 19.6 Å². The molecule has 1 heterocycles. The molecule has 1 aliphatic rings. The van der Waals surface area contributed by atoms with Crippen LogP contribution < -0.4 is 5.32 Å². The molecular formula is C13H23N3O5. The largest absolute Gasteiger partial charge is 0.480 e. The van der Waals surface area contributed by atoms with Crippen molar-refractivity contribution in [1.82, 2.24) is 15.1 Å². The van der Waals surface area contributed by atoms with Gasteiger partial charge >= 0.3 is 18.1 Å². The van der Waals surface area contributed by atoms with Gasteiger partial charge in [-0.1, -0.05) is 13.8 Å². The minimum Gasteiger partial charge on any atom is -0.480 e. The lowest BCUT2D eigenvalue weighted by Gasteiger charge is -2.28. The fourth-order valence-electron chi connectivity index (χ4n) is 2.29. The van der Waals surface area contributed by atoms with Gasteiger partial charge in [-0.2, -0.15) is 0 Å². The number of rotatable bonds is 5. The van der Waals surface area contributed by atoms with Gasteiger partial charge < -0.3 is 25.0 Å². The van der Waals surface area contributed by atoms with Crippen LogP contribution in [-0.4, -0.2) is 72.3 Å². The molecule has 1 saturated heterocycles. The van der Waals surface area contributed by atoms with E-state index in [0.29, 0.717) is 26.1 Å². The van der Waals surface area contributed by atoms with Crippen LogP contribution in [0, 0.1) is 5.92 Å². The van der Waals surface area contributed by atoms with Crippen LogP contribution in [-0.2, 0) is 9.53 Å². The minimum absolute atomic E-state index is 0.160. The Balaban J connectivity index is 2.59. The van der Waals surface area contributed by atoms with E-state index in [0.717, 1.165) is 0 Å². The van der Waals surface area contributed by atoms with Crippen molar-refractivity contribution in [3.63, 3.8) is 0 Å². The van der Waals surface area contributed by atoms with E-state index in [4.69, 9.17) is 5.11 Å². The molecule has 0 saturated carbocycles. The van der Waals surface area contributed by atoms with E-state index < -0.39 is 12.1 Å². The highest BCUT2D eigenvalue weighted by Gasteiger charge is 2.31. The Kier molecular flexibility index (Phi) is 6.26. The molecule has 2 N–H and O–H groups in total. The number of aliphatic carboxylic acids is 1. The van der Waals surface area contributed by atoms with E-state index in [-0.39, 0.29) is 24.5 Å². The number of hydrogen-bond donors (Lipinski definition) is 2. The maximum Gasteiger partial charge on any atom is 0.407 e. The van der Waals surface area contributed by atoms with Gasteiger partial charge in [-0.15, -0.1) is 0 Å². The summed E-state index contributed by atoms with van der Waals surface area (Å²) in [6, 6.07) is -0.465. The molecule has 0 aliphatic carbocycles. The highest BCUT2D eigenvalue weighted by molar-refractivity contribution is 5.80. The van der Waals surface area contributed by atoms with Gasteiger partial charge in [-0.25, -0.2) is 9.59 Å². The molecule has 0 aromatic rings. The van der Waals surface area contributed by atoms with Crippen LogP contribution in [0.4, 0.5) is 9.59 Å². The number of urea groups is 1. The second-order valence-electron chi connectivity index (χ2n) is 5.52.